The zero-order valence-electron chi connectivity index (χ0n) is 11.6. The second-order valence-electron chi connectivity index (χ2n) is 5.34. The summed E-state index contributed by atoms with van der Waals surface area (Å²) in [7, 11) is 0. The lowest BCUT2D eigenvalue weighted by molar-refractivity contribution is -0.121. The zero-order valence-corrected chi connectivity index (χ0v) is 12.4. The molecule has 1 saturated heterocycles. The fraction of sp³-hybridized carbons (Fsp3) is 0.533. The van der Waals surface area contributed by atoms with Crippen LogP contribution in [0.15, 0.2) is 24.3 Å². The van der Waals surface area contributed by atoms with Crippen molar-refractivity contribution < 1.29 is 4.79 Å². The van der Waals surface area contributed by atoms with Gasteiger partial charge in [-0.1, -0.05) is 23.7 Å². The van der Waals surface area contributed by atoms with Crippen LogP contribution in [0.25, 0.3) is 0 Å². The number of piperidine rings is 1. The quantitative estimate of drug-likeness (QED) is 0.498. The van der Waals surface area contributed by atoms with Gasteiger partial charge < -0.3 is 4.90 Å². The predicted octanol–water partition coefficient (Wildman–Crippen LogP) is 2.29. The number of benzene rings is 1. The van der Waals surface area contributed by atoms with Crippen LogP contribution in [0, 0.1) is 0 Å². The van der Waals surface area contributed by atoms with Crippen LogP contribution in [0.3, 0.4) is 0 Å². The fourth-order valence-corrected chi connectivity index (χ4v) is 2.89. The van der Waals surface area contributed by atoms with E-state index in [1.54, 1.807) is 0 Å². The van der Waals surface area contributed by atoms with E-state index in [0.29, 0.717) is 12.3 Å². The summed E-state index contributed by atoms with van der Waals surface area (Å²) >= 11 is 5.92. The number of nitrogens with one attached hydrogen (secondary N) is 1. The van der Waals surface area contributed by atoms with Crippen molar-refractivity contribution >= 4 is 17.5 Å². The van der Waals surface area contributed by atoms with Crippen LogP contribution in [-0.2, 0) is 4.79 Å². The molecule has 0 radical (unpaired) electrons. The molecular weight excluding hydrogens is 274 g/mol. The Kier molecular flexibility index (Phi) is 5.83. The van der Waals surface area contributed by atoms with Gasteiger partial charge in [0.05, 0.1) is 0 Å². The monoisotopic (exact) mass is 295 g/mol. The van der Waals surface area contributed by atoms with Gasteiger partial charge in [-0.3, -0.25) is 10.2 Å². The van der Waals surface area contributed by atoms with E-state index in [1.807, 2.05) is 12.1 Å². The second kappa shape index (κ2) is 7.62. The van der Waals surface area contributed by atoms with E-state index in [2.05, 4.69) is 22.5 Å². The number of nitrogens with two attached hydrogens (primary N) is 1. The number of carbonyl (C=O) groups excluding carboxylic acids is 1. The number of amides is 1. The minimum Gasteiger partial charge on any atom is -0.303 e. The molecule has 1 aromatic rings. The van der Waals surface area contributed by atoms with E-state index >= 15 is 0 Å². The Balaban J connectivity index is 1.72. The first-order valence-electron chi connectivity index (χ1n) is 7.16. The molecule has 1 fully saturated rings. The predicted molar refractivity (Wildman–Crippen MR) is 81.4 cm³/mol. The molecule has 1 aliphatic heterocycles. The SMILES string of the molecule is NNC(=O)CCCN1CCC(c2ccc(Cl)cc2)CC1. The summed E-state index contributed by atoms with van der Waals surface area (Å²) in [6.07, 6.45) is 3.72. The maximum atomic E-state index is 11.1. The third kappa shape index (κ3) is 4.47. The fourth-order valence-electron chi connectivity index (χ4n) is 2.76. The largest absolute Gasteiger partial charge is 0.303 e. The van der Waals surface area contributed by atoms with Gasteiger partial charge in [-0.2, -0.15) is 0 Å². The van der Waals surface area contributed by atoms with Crippen molar-refractivity contribution in [2.45, 2.75) is 31.6 Å². The van der Waals surface area contributed by atoms with Gasteiger partial charge in [0.15, 0.2) is 0 Å². The maximum absolute atomic E-state index is 11.1. The first kappa shape index (κ1) is 15.3. The van der Waals surface area contributed by atoms with E-state index < -0.39 is 0 Å². The third-order valence-corrected chi connectivity index (χ3v) is 4.22. The molecule has 0 atom stereocenters. The first-order valence-corrected chi connectivity index (χ1v) is 7.54. The molecular formula is C15H22ClN3O. The first-order chi connectivity index (χ1) is 9.69. The maximum Gasteiger partial charge on any atom is 0.233 e. The van der Waals surface area contributed by atoms with Crippen LogP contribution < -0.4 is 11.3 Å². The zero-order chi connectivity index (χ0) is 14.4. The molecule has 5 heteroatoms. The topological polar surface area (TPSA) is 58.4 Å². The molecule has 0 aliphatic carbocycles. The van der Waals surface area contributed by atoms with Crippen LogP contribution in [0.4, 0.5) is 0 Å². The minimum atomic E-state index is -0.0824. The Morgan fingerprint density at radius 1 is 1.30 bits per heavy atom. The summed E-state index contributed by atoms with van der Waals surface area (Å²) in [5, 5.41) is 0.796. The van der Waals surface area contributed by atoms with E-state index in [1.165, 1.54) is 18.4 Å². The molecule has 4 nitrogen and oxygen atoms in total. The molecule has 0 unspecified atom stereocenters. The lowest BCUT2D eigenvalue weighted by Crippen LogP contribution is -2.35. The molecule has 0 spiro atoms. The molecule has 0 bridgehead atoms. The standard InChI is InChI=1S/C15H22ClN3O/c16-14-5-3-12(4-6-14)13-7-10-19(11-8-13)9-1-2-15(20)18-17/h3-6,13H,1-2,7-11,17H2,(H,18,20). The Hall–Kier alpha value is -1.10. The van der Waals surface area contributed by atoms with Gasteiger partial charge in [-0.25, -0.2) is 5.84 Å². The molecule has 0 aromatic heterocycles. The Morgan fingerprint density at radius 3 is 2.55 bits per heavy atom. The van der Waals surface area contributed by atoms with E-state index in [0.717, 1.165) is 31.1 Å². The number of nitrogens with zero attached hydrogens (tertiary/aromatic N) is 1. The molecule has 1 amide bonds. The van der Waals surface area contributed by atoms with Crippen molar-refractivity contribution in [2.24, 2.45) is 5.84 Å². The number of carbonyl (C=O) groups is 1. The molecule has 20 heavy (non-hydrogen) atoms. The van der Waals surface area contributed by atoms with Crippen LogP contribution in [0.5, 0.6) is 0 Å². The van der Waals surface area contributed by atoms with Gasteiger partial charge in [-0.05, 0) is 62.5 Å². The summed E-state index contributed by atoms with van der Waals surface area (Å²) in [4.78, 5) is 13.5. The van der Waals surface area contributed by atoms with Crippen molar-refractivity contribution in [3.05, 3.63) is 34.9 Å². The molecule has 1 heterocycles. The van der Waals surface area contributed by atoms with Gasteiger partial charge in [0.1, 0.15) is 0 Å². The average molecular weight is 296 g/mol. The highest BCUT2D eigenvalue weighted by atomic mass is 35.5. The van der Waals surface area contributed by atoms with Crippen molar-refractivity contribution in [3.8, 4) is 0 Å². The van der Waals surface area contributed by atoms with Crippen LogP contribution in [0.2, 0.25) is 5.02 Å². The Labute approximate surface area is 125 Å². The van der Waals surface area contributed by atoms with Crippen molar-refractivity contribution in [2.75, 3.05) is 19.6 Å². The number of hydrogen-bond donors (Lipinski definition) is 2. The van der Waals surface area contributed by atoms with Gasteiger partial charge in [0.2, 0.25) is 5.91 Å². The molecule has 0 saturated carbocycles. The summed E-state index contributed by atoms with van der Waals surface area (Å²) in [6.45, 7) is 3.16. The van der Waals surface area contributed by atoms with Gasteiger partial charge >= 0.3 is 0 Å². The lowest BCUT2D eigenvalue weighted by atomic mass is 9.89. The van der Waals surface area contributed by atoms with Crippen LogP contribution >= 0.6 is 11.6 Å². The number of likely N-dealkylation sites (tertiary alicyclic amines) is 1. The highest BCUT2D eigenvalue weighted by Gasteiger charge is 2.20. The molecule has 1 aromatic carbocycles. The van der Waals surface area contributed by atoms with Gasteiger partial charge in [-0.15, -0.1) is 0 Å². The molecule has 2 rings (SSSR count). The Morgan fingerprint density at radius 2 is 1.95 bits per heavy atom. The molecule has 110 valence electrons. The lowest BCUT2D eigenvalue weighted by Gasteiger charge is -2.32. The van der Waals surface area contributed by atoms with E-state index in [9.17, 15) is 4.79 Å². The average Bonchev–Trinajstić information content (AvgIpc) is 2.48. The highest BCUT2D eigenvalue weighted by molar-refractivity contribution is 6.30. The molecule has 1 aliphatic rings. The number of halogens is 1. The van der Waals surface area contributed by atoms with Gasteiger partial charge in [0.25, 0.3) is 0 Å². The second-order valence-corrected chi connectivity index (χ2v) is 5.77. The van der Waals surface area contributed by atoms with Crippen molar-refractivity contribution in [3.63, 3.8) is 0 Å². The number of hydrogen-bond acceptors (Lipinski definition) is 3. The minimum absolute atomic E-state index is 0.0824. The highest BCUT2D eigenvalue weighted by Crippen LogP contribution is 2.28. The van der Waals surface area contributed by atoms with E-state index in [-0.39, 0.29) is 5.91 Å². The van der Waals surface area contributed by atoms with Crippen LogP contribution in [-0.4, -0.2) is 30.4 Å². The number of hydrazine groups is 1. The summed E-state index contributed by atoms with van der Waals surface area (Å²) in [6, 6.07) is 8.20. The summed E-state index contributed by atoms with van der Waals surface area (Å²) in [5.74, 6) is 5.61. The summed E-state index contributed by atoms with van der Waals surface area (Å²) in [5.41, 5.74) is 3.55. The van der Waals surface area contributed by atoms with Crippen LogP contribution in [0.1, 0.15) is 37.2 Å². The Bertz CT molecular complexity index is 427. The third-order valence-electron chi connectivity index (χ3n) is 3.97. The molecule has 3 N–H and O–H groups in total. The number of rotatable bonds is 5. The van der Waals surface area contributed by atoms with Gasteiger partial charge in [0, 0.05) is 11.4 Å². The smallest absolute Gasteiger partial charge is 0.233 e. The van der Waals surface area contributed by atoms with Crippen molar-refractivity contribution in [1.29, 1.82) is 0 Å². The summed E-state index contributed by atoms with van der Waals surface area (Å²) < 4.78 is 0. The van der Waals surface area contributed by atoms with Crippen molar-refractivity contribution in [1.82, 2.24) is 10.3 Å². The van der Waals surface area contributed by atoms with E-state index in [4.69, 9.17) is 17.4 Å². The normalized spacial score (nSPS) is 17.1.